The standard InChI is InChI=1S/C21H20FNO2.Na/c1-13-18(10-14-4-7-16(8-5-14)23(2)3)17-9-6-15(22)11-20(17)19(13)12-21(24)25;/h4-11H,12H2,1-3H3,(H,24,25);/q;+1/p-1/b18-10-;. The fraction of sp³-hybridized carbons (Fsp3) is 0.190. The minimum atomic E-state index is -1.17. The third-order valence-corrected chi connectivity index (χ3v) is 4.50. The SMILES string of the molecule is CC1=C(CC(=O)[O-])c2cc(F)ccc2/C1=C\c1ccc(N(C)C)cc1.[Na+]. The molecule has 3 nitrogen and oxygen atoms in total. The molecule has 3 rings (SSSR count). The Morgan fingerprint density at radius 1 is 1.12 bits per heavy atom. The average Bonchev–Trinajstić information content (AvgIpc) is 2.80. The molecule has 2 aromatic carbocycles. The van der Waals surface area contributed by atoms with Crippen LogP contribution in [0, 0.1) is 5.82 Å². The number of nitrogens with zero attached hydrogens (tertiary/aromatic N) is 1. The minimum Gasteiger partial charge on any atom is -0.550 e. The first kappa shape index (κ1) is 20.4. The molecule has 128 valence electrons. The molecule has 0 amide bonds. The second-order valence-electron chi connectivity index (χ2n) is 6.39. The van der Waals surface area contributed by atoms with Crippen LogP contribution < -0.4 is 39.6 Å². The van der Waals surface area contributed by atoms with E-state index < -0.39 is 5.97 Å². The smallest absolute Gasteiger partial charge is 0.550 e. The summed E-state index contributed by atoms with van der Waals surface area (Å²) in [6.45, 7) is 1.87. The molecular formula is C21H19FNNaO2. The van der Waals surface area contributed by atoms with E-state index in [0.717, 1.165) is 28.0 Å². The summed E-state index contributed by atoms with van der Waals surface area (Å²) in [7, 11) is 3.96. The topological polar surface area (TPSA) is 43.4 Å². The van der Waals surface area contributed by atoms with Crippen LogP contribution in [0.4, 0.5) is 10.1 Å². The molecule has 0 spiro atoms. The van der Waals surface area contributed by atoms with E-state index in [4.69, 9.17) is 0 Å². The summed E-state index contributed by atoms with van der Waals surface area (Å²) in [5.74, 6) is -1.54. The molecule has 0 saturated heterocycles. The van der Waals surface area contributed by atoms with E-state index in [1.807, 2.05) is 56.3 Å². The molecule has 0 saturated carbocycles. The van der Waals surface area contributed by atoms with Crippen molar-refractivity contribution in [1.82, 2.24) is 0 Å². The van der Waals surface area contributed by atoms with Crippen LogP contribution in [0.15, 0.2) is 48.0 Å². The van der Waals surface area contributed by atoms with Gasteiger partial charge in [-0.25, -0.2) is 4.39 Å². The molecule has 5 heteroatoms. The fourth-order valence-electron chi connectivity index (χ4n) is 3.16. The van der Waals surface area contributed by atoms with Crippen LogP contribution >= 0.6 is 0 Å². The normalized spacial score (nSPS) is 14.2. The predicted molar refractivity (Wildman–Crippen MR) is 97.3 cm³/mol. The summed E-state index contributed by atoms with van der Waals surface area (Å²) in [6, 6.07) is 12.6. The van der Waals surface area contributed by atoms with Crippen LogP contribution in [0.3, 0.4) is 0 Å². The first-order valence-corrected chi connectivity index (χ1v) is 8.06. The van der Waals surface area contributed by atoms with E-state index in [2.05, 4.69) is 0 Å². The van der Waals surface area contributed by atoms with E-state index in [-0.39, 0.29) is 41.8 Å². The van der Waals surface area contributed by atoms with Crippen LogP contribution in [0.2, 0.25) is 0 Å². The number of carbonyl (C=O) groups excluding carboxylic acids is 1. The second-order valence-corrected chi connectivity index (χ2v) is 6.39. The Kier molecular flexibility index (Phi) is 6.45. The number of hydrogen-bond acceptors (Lipinski definition) is 3. The molecule has 0 unspecified atom stereocenters. The maximum absolute atomic E-state index is 13.7. The van der Waals surface area contributed by atoms with E-state index >= 15 is 0 Å². The van der Waals surface area contributed by atoms with Crippen molar-refractivity contribution in [3.05, 3.63) is 70.5 Å². The van der Waals surface area contributed by atoms with Gasteiger partial charge in [-0.1, -0.05) is 18.2 Å². The minimum absolute atomic E-state index is 0. The van der Waals surface area contributed by atoms with E-state index in [1.165, 1.54) is 12.1 Å². The number of anilines is 1. The number of carboxylic acid groups (broad SMARTS) is 1. The van der Waals surface area contributed by atoms with E-state index in [9.17, 15) is 14.3 Å². The largest absolute Gasteiger partial charge is 1.00 e. The number of fused-ring (bicyclic) bond motifs is 1. The van der Waals surface area contributed by atoms with Gasteiger partial charge in [0.15, 0.2) is 0 Å². The van der Waals surface area contributed by atoms with Crippen molar-refractivity contribution in [2.24, 2.45) is 0 Å². The van der Waals surface area contributed by atoms with Gasteiger partial charge in [-0.15, -0.1) is 0 Å². The maximum Gasteiger partial charge on any atom is 1.00 e. The van der Waals surface area contributed by atoms with Crippen molar-refractivity contribution in [3.8, 4) is 0 Å². The Hall–Kier alpha value is -1.88. The second kappa shape index (κ2) is 8.21. The molecule has 0 radical (unpaired) electrons. The molecule has 0 aromatic heterocycles. The zero-order valence-corrected chi connectivity index (χ0v) is 17.5. The summed E-state index contributed by atoms with van der Waals surface area (Å²) in [4.78, 5) is 13.1. The Labute approximate surface area is 175 Å². The summed E-state index contributed by atoms with van der Waals surface area (Å²) in [6.07, 6.45) is 1.78. The van der Waals surface area contributed by atoms with Gasteiger partial charge < -0.3 is 14.8 Å². The van der Waals surface area contributed by atoms with Gasteiger partial charge in [0.25, 0.3) is 0 Å². The summed E-state index contributed by atoms with van der Waals surface area (Å²) < 4.78 is 13.7. The van der Waals surface area contributed by atoms with Crippen LogP contribution in [0.25, 0.3) is 17.2 Å². The van der Waals surface area contributed by atoms with Gasteiger partial charge in [-0.2, -0.15) is 0 Å². The van der Waals surface area contributed by atoms with Gasteiger partial charge in [0.2, 0.25) is 0 Å². The van der Waals surface area contributed by atoms with Gasteiger partial charge in [0, 0.05) is 32.2 Å². The predicted octanol–water partition coefficient (Wildman–Crippen LogP) is 0.363. The number of rotatable bonds is 4. The summed E-state index contributed by atoms with van der Waals surface area (Å²) in [5, 5.41) is 11.1. The quantitative estimate of drug-likeness (QED) is 0.741. The third-order valence-electron chi connectivity index (χ3n) is 4.50. The number of carbonyl (C=O) groups is 1. The van der Waals surface area contributed by atoms with Crippen LogP contribution in [0.5, 0.6) is 0 Å². The van der Waals surface area contributed by atoms with E-state index in [0.29, 0.717) is 11.1 Å². The Morgan fingerprint density at radius 2 is 1.77 bits per heavy atom. The molecule has 1 aliphatic rings. The van der Waals surface area contributed by atoms with Crippen molar-refractivity contribution in [2.45, 2.75) is 13.3 Å². The van der Waals surface area contributed by atoms with Gasteiger partial charge in [-0.3, -0.25) is 0 Å². The number of halogens is 1. The summed E-state index contributed by atoms with van der Waals surface area (Å²) in [5.41, 5.74) is 5.98. The van der Waals surface area contributed by atoms with Crippen LogP contribution in [-0.4, -0.2) is 20.1 Å². The molecule has 1 aliphatic carbocycles. The van der Waals surface area contributed by atoms with E-state index in [1.54, 1.807) is 6.07 Å². The maximum atomic E-state index is 13.7. The Morgan fingerprint density at radius 3 is 2.35 bits per heavy atom. The Bertz CT molecular complexity index is 899. The van der Waals surface area contributed by atoms with Crippen molar-refractivity contribution in [3.63, 3.8) is 0 Å². The van der Waals surface area contributed by atoms with Gasteiger partial charge in [-0.05, 0) is 70.7 Å². The third kappa shape index (κ3) is 4.09. The van der Waals surface area contributed by atoms with Gasteiger partial charge in [0.1, 0.15) is 5.82 Å². The number of carboxylic acids is 1. The molecule has 0 aliphatic heterocycles. The van der Waals surface area contributed by atoms with Gasteiger partial charge >= 0.3 is 29.6 Å². The zero-order chi connectivity index (χ0) is 18.1. The molecule has 26 heavy (non-hydrogen) atoms. The summed E-state index contributed by atoms with van der Waals surface area (Å²) >= 11 is 0. The molecule has 0 N–H and O–H groups in total. The van der Waals surface area contributed by atoms with Gasteiger partial charge in [0.05, 0.1) is 0 Å². The van der Waals surface area contributed by atoms with Crippen molar-refractivity contribution >= 4 is 28.9 Å². The zero-order valence-electron chi connectivity index (χ0n) is 15.5. The van der Waals surface area contributed by atoms with Crippen LogP contribution in [0.1, 0.15) is 30.0 Å². The molecule has 2 aromatic rings. The van der Waals surface area contributed by atoms with Crippen LogP contribution in [-0.2, 0) is 4.79 Å². The van der Waals surface area contributed by atoms with Crippen molar-refractivity contribution in [2.75, 3.05) is 19.0 Å². The average molecular weight is 359 g/mol. The monoisotopic (exact) mass is 359 g/mol. The molecule has 0 fully saturated rings. The fourth-order valence-corrected chi connectivity index (χ4v) is 3.16. The Balaban J connectivity index is 0.00000243. The number of hydrogen-bond donors (Lipinski definition) is 0. The first-order chi connectivity index (χ1) is 11.9. The molecule has 0 bridgehead atoms. The first-order valence-electron chi connectivity index (χ1n) is 8.06. The number of aliphatic carboxylic acids is 1. The van der Waals surface area contributed by atoms with Crippen molar-refractivity contribution < 1.29 is 43.8 Å². The van der Waals surface area contributed by atoms with Crippen molar-refractivity contribution in [1.29, 1.82) is 0 Å². The number of allylic oxidation sites excluding steroid dienone is 2. The molecular weight excluding hydrogens is 340 g/mol. The molecule has 0 atom stereocenters. The molecule has 0 heterocycles. The number of benzene rings is 2.